The number of rotatable bonds is 8. The van der Waals surface area contributed by atoms with Crippen LogP contribution in [0.3, 0.4) is 0 Å². The summed E-state index contributed by atoms with van der Waals surface area (Å²) in [5, 5.41) is 16.2. The minimum Gasteiger partial charge on any atom is -0.392 e. The molecule has 7 nitrogen and oxygen atoms in total. The molecule has 0 amide bonds. The number of aromatic nitrogens is 3. The van der Waals surface area contributed by atoms with Gasteiger partial charge in [0.1, 0.15) is 11.6 Å². The summed E-state index contributed by atoms with van der Waals surface area (Å²) >= 11 is 8.04. The number of anilines is 2. The van der Waals surface area contributed by atoms with Crippen LogP contribution in [0.15, 0.2) is 54.3 Å². The van der Waals surface area contributed by atoms with Crippen LogP contribution < -0.4 is 5.32 Å². The third-order valence-corrected chi connectivity index (χ3v) is 7.17. The fourth-order valence-electron chi connectivity index (χ4n) is 4.46. The number of benzene rings is 1. The Balaban J connectivity index is 1.43. The van der Waals surface area contributed by atoms with Crippen molar-refractivity contribution in [1.82, 2.24) is 19.4 Å². The smallest absolute Gasteiger partial charge is 0.188 e. The van der Waals surface area contributed by atoms with E-state index >= 15 is 0 Å². The Morgan fingerprint density at radius 2 is 2.14 bits per heavy atom. The molecule has 182 valence electrons. The van der Waals surface area contributed by atoms with Gasteiger partial charge in [-0.1, -0.05) is 17.7 Å². The molecule has 0 spiro atoms. The average molecular weight is 514 g/mol. The summed E-state index contributed by atoms with van der Waals surface area (Å²) in [6.07, 6.45) is 5.48. The SMILES string of the molecule is COC[C@H]1Cn2cc(-c3cc(Nc4nccs4)ncc3Cl)cc2CN1Cc1cc(F)ccc1CO. The quantitative estimate of drug-likeness (QED) is 0.343. The normalized spacial score (nSPS) is 15.8. The summed E-state index contributed by atoms with van der Waals surface area (Å²) in [7, 11) is 1.68. The average Bonchev–Trinajstić information content (AvgIpc) is 3.50. The zero-order valence-corrected chi connectivity index (χ0v) is 20.7. The highest BCUT2D eigenvalue weighted by Crippen LogP contribution is 2.34. The van der Waals surface area contributed by atoms with Crippen LogP contribution in [0, 0.1) is 5.82 Å². The fraction of sp³-hybridized carbons (Fsp3) is 0.280. The van der Waals surface area contributed by atoms with Crippen molar-refractivity contribution in [3.05, 3.63) is 82.0 Å². The van der Waals surface area contributed by atoms with Crippen LogP contribution in [0.25, 0.3) is 11.1 Å². The Hall–Kier alpha value is -2.82. The van der Waals surface area contributed by atoms with Crippen molar-refractivity contribution in [1.29, 1.82) is 0 Å². The second-order valence-electron chi connectivity index (χ2n) is 8.47. The van der Waals surface area contributed by atoms with Gasteiger partial charge in [0.15, 0.2) is 5.13 Å². The molecular weight excluding hydrogens is 489 g/mol. The standard InChI is InChI=1S/C25H25ClFN5O2S/c1-34-15-21-13-31-11-18(22-8-24(29-9-23(22)26)30-25-28-4-5-35-25)7-20(31)12-32(21)10-17-6-19(27)3-2-16(17)14-33/h2-9,11,21,33H,10,12-15H2,1H3,(H,28,29,30)/t21-/m1/s1. The molecule has 1 aliphatic heterocycles. The molecule has 4 heterocycles. The number of nitrogens with one attached hydrogen (secondary N) is 1. The number of thiazole rings is 1. The number of halogens is 2. The van der Waals surface area contributed by atoms with Crippen molar-refractivity contribution in [2.75, 3.05) is 19.0 Å². The van der Waals surface area contributed by atoms with Crippen molar-refractivity contribution in [2.45, 2.75) is 32.3 Å². The van der Waals surface area contributed by atoms with Crippen molar-refractivity contribution >= 4 is 33.9 Å². The van der Waals surface area contributed by atoms with Gasteiger partial charge in [-0.15, -0.1) is 11.3 Å². The van der Waals surface area contributed by atoms with Crippen LogP contribution in [0.2, 0.25) is 5.02 Å². The minimum atomic E-state index is -0.308. The van der Waals surface area contributed by atoms with E-state index in [2.05, 4.69) is 37.0 Å². The second-order valence-corrected chi connectivity index (χ2v) is 9.77. The molecule has 5 rings (SSSR count). The lowest BCUT2D eigenvalue weighted by Gasteiger charge is -2.36. The van der Waals surface area contributed by atoms with E-state index in [1.807, 2.05) is 11.4 Å². The third-order valence-electron chi connectivity index (χ3n) is 6.18. The summed E-state index contributed by atoms with van der Waals surface area (Å²) in [6.45, 7) is 2.30. The Labute approximate surface area is 211 Å². The molecule has 4 aromatic rings. The molecule has 1 atom stereocenters. The lowest BCUT2D eigenvalue weighted by atomic mass is 10.0. The fourth-order valence-corrected chi connectivity index (χ4v) is 5.21. The molecule has 2 N–H and O–H groups in total. The number of aliphatic hydroxyl groups is 1. The number of pyridine rings is 1. The van der Waals surface area contributed by atoms with Gasteiger partial charge in [0, 0.05) is 67.5 Å². The molecule has 35 heavy (non-hydrogen) atoms. The summed E-state index contributed by atoms with van der Waals surface area (Å²) in [5.74, 6) is 0.364. The van der Waals surface area contributed by atoms with E-state index in [4.69, 9.17) is 16.3 Å². The number of methoxy groups -OCH3 is 1. The molecular formula is C25H25ClFN5O2S. The van der Waals surface area contributed by atoms with Crippen LogP contribution in [0.1, 0.15) is 16.8 Å². The first-order chi connectivity index (χ1) is 17.0. The first-order valence-electron chi connectivity index (χ1n) is 11.2. The van der Waals surface area contributed by atoms with E-state index in [1.54, 1.807) is 25.6 Å². The molecule has 0 unspecified atom stereocenters. The number of fused-ring (bicyclic) bond motifs is 1. The summed E-state index contributed by atoms with van der Waals surface area (Å²) in [5.41, 5.74) is 4.51. The van der Waals surface area contributed by atoms with Gasteiger partial charge in [-0.05, 0) is 35.4 Å². The maximum Gasteiger partial charge on any atom is 0.188 e. The van der Waals surface area contributed by atoms with Crippen LogP contribution >= 0.6 is 22.9 Å². The maximum atomic E-state index is 13.9. The number of hydrogen-bond donors (Lipinski definition) is 2. The van der Waals surface area contributed by atoms with Gasteiger partial charge in [-0.3, -0.25) is 4.90 Å². The van der Waals surface area contributed by atoms with E-state index in [0.29, 0.717) is 30.5 Å². The van der Waals surface area contributed by atoms with E-state index in [9.17, 15) is 9.50 Å². The van der Waals surface area contributed by atoms with Crippen molar-refractivity contribution in [3.8, 4) is 11.1 Å². The Kier molecular flexibility index (Phi) is 7.12. The van der Waals surface area contributed by atoms with Gasteiger partial charge >= 0.3 is 0 Å². The summed E-state index contributed by atoms with van der Waals surface area (Å²) in [4.78, 5) is 10.9. The maximum absolute atomic E-state index is 13.9. The first-order valence-corrected chi connectivity index (χ1v) is 12.4. The topological polar surface area (TPSA) is 75.4 Å². The zero-order chi connectivity index (χ0) is 24.4. The molecule has 1 aliphatic rings. The molecule has 3 aromatic heterocycles. The molecule has 0 saturated heterocycles. The third kappa shape index (κ3) is 5.24. The lowest BCUT2D eigenvalue weighted by Crippen LogP contribution is -2.44. The lowest BCUT2D eigenvalue weighted by molar-refractivity contribution is 0.0536. The largest absolute Gasteiger partial charge is 0.392 e. The van der Waals surface area contributed by atoms with Crippen LogP contribution in [0.4, 0.5) is 15.3 Å². The predicted molar refractivity (Wildman–Crippen MR) is 135 cm³/mol. The van der Waals surface area contributed by atoms with Crippen molar-refractivity contribution < 1.29 is 14.2 Å². The molecule has 0 aliphatic carbocycles. The summed E-state index contributed by atoms with van der Waals surface area (Å²) < 4.78 is 21.7. The van der Waals surface area contributed by atoms with Crippen LogP contribution in [0.5, 0.6) is 0 Å². The van der Waals surface area contributed by atoms with Gasteiger partial charge in [0.25, 0.3) is 0 Å². The highest BCUT2D eigenvalue weighted by Gasteiger charge is 2.28. The number of hydrogen-bond acceptors (Lipinski definition) is 7. The second kappa shape index (κ2) is 10.4. The van der Waals surface area contributed by atoms with Gasteiger partial charge in [0.2, 0.25) is 0 Å². The van der Waals surface area contributed by atoms with Gasteiger partial charge in [-0.2, -0.15) is 0 Å². The van der Waals surface area contributed by atoms with Crippen LogP contribution in [-0.2, 0) is 31.0 Å². The van der Waals surface area contributed by atoms with E-state index in [1.165, 1.54) is 23.5 Å². The molecule has 1 aromatic carbocycles. The summed E-state index contributed by atoms with van der Waals surface area (Å²) in [6, 6.07) is 8.67. The minimum absolute atomic E-state index is 0.0950. The highest BCUT2D eigenvalue weighted by molar-refractivity contribution is 7.13. The Morgan fingerprint density at radius 1 is 1.26 bits per heavy atom. The number of nitrogens with zero attached hydrogens (tertiary/aromatic N) is 4. The monoisotopic (exact) mass is 513 g/mol. The van der Waals surface area contributed by atoms with Crippen molar-refractivity contribution in [2.24, 2.45) is 0 Å². The van der Waals surface area contributed by atoms with Gasteiger partial charge < -0.3 is 19.7 Å². The predicted octanol–water partition coefficient (Wildman–Crippen LogP) is 5.07. The van der Waals surface area contributed by atoms with E-state index in [-0.39, 0.29) is 18.5 Å². The number of aliphatic hydroxyl groups excluding tert-OH is 1. The molecule has 0 bridgehead atoms. The zero-order valence-electron chi connectivity index (χ0n) is 19.1. The highest BCUT2D eigenvalue weighted by atomic mass is 35.5. The van der Waals surface area contributed by atoms with Crippen LogP contribution in [-0.4, -0.2) is 44.3 Å². The molecule has 0 radical (unpaired) electrons. The first kappa shape index (κ1) is 23.9. The molecule has 0 fully saturated rings. The Bertz CT molecular complexity index is 1310. The van der Waals surface area contributed by atoms with Gasteiger partial charge in [0.05, 0.1) is 24.3 Å². The molecule has 10 heteroatoms. The Morgan fingerprint density at radius 3 is 2.91 bits per heavy atom. The van der Waals surface area contributed by atoms with E-state index < -0.39 is 0 Å². The molecule has 0 saturated carbocycles. The number of ether oxygens (including phenoxy) is 1. The van der Waals surface area contributed by atoms with Gasteiger partial charge in [-0.25, -0.2) is 14.4 Å². The van der Waals surface area contributed by atoms with Crippen molar-refractivity contribution in [3.63, 3.8) is 0 Å². The van der Waals surface area contributed by atoms with E-state index in [0.717, 1.165) is 39.6 Å².